The molecule has 2 fully saturated rings. The molecule has 1 saturated heterocycles. The molecule has 0 aromatic heterocycles. The van der Waals surface area contributed by atoms with E-state index >= 15 is 0 Å². The normalized spacial score (nSPS) is 42.5. The van der Waals surface area contributed by atoms with Crippen LogP contribution in [0.3, 0.4) is 0 Å². The van der Waals surface area contributed by atoms with E-state index in [4.69, 9.17) is 14.6 Å². The largest absolute Gasteiger partial charge is 0.479 e. The molecule has 20 heavy (non-hydrogen) atoms. The Hall–Kier alpha value is -1.06. The van der Waals surface area contributed by atoms with Crippen molar-refractivity contribution >= 4 is 11.8 Å². The third-order valence-electron chi connectivity index (χ3n) is 3.61. The topological polar surface area (TPSA) is 134 Å². The van der Waals surface area contributed by atoms with E-state index in [9.17, 15) is 24.9 Å². The Morgan fingerprint density at radius 1 is 1.15 bits per heavy atom. The first-order chi connectivity index (χ1) is 9.41. The van der Waals surface area contributed by atoms with Gasteiger partial charge in [0.15, 0.2) is 18.2 Å². The molecule has 2 aliphatic rings. The van der Waals surface area contributed by atoms with Crippen LogP contribution in [-0.4, -0.2) is 69.0 Å². The van der Waals surface area contributed by atoms with E-state index in [0.29, 0.717) is 12.8 Å². The van der Waals surface area contributed by atoms with Gasteiger partial charge in [0.05, 0.1) is 0 Å². The fourth-order valence-corrected chi connectivity index (χ4v) is 2.42. The van der Waals surface area contributed by atoms with E-state index in [1.807, 2.05) is 0 Å². The number of aliphatic hydroxyl groups excluding tert-OH is 3. The molecule has 0 aromatic carbocycles. The van der Waals surface area contributed by atoms with Crippen molar-refractivity contribution < 1.29 is 39.5 Å². The van der Waals surface area contributed by atoms with Crippen LogP contribution in [0, 0.1) is 0 Å². The molecule has 4 N–H and O–H groups in total. The van der Waals surface area contributed by atoms with Gasteiger partial charge in [0.1, 0.15) is 24.4 Å². The quantitative estimate of drug-likeness (QED) is 0.488. The fourth-order valence-electron chi connectivity index (χ4n) is 2.42. The Kier molecular flexibility index (Phi) is 4.71. The molecule has 1 aliphatic heterocycles. The number of aliphatic carboxylic acids is 1. The lowest BCUT2D eigenvalue weighted by Crippen LogP contribution is -2.61. The molecule has 1 heterocycles. The second kappa shape index (κ2) is 6.15. The van der Waals surface area contributed by atoms with Gasteiger partial charge in [-0.2, -0.15) is 0 Å². The highest BCUT2D eigenvalue weighted by molar-refractivity contribution is 5.83. The van der Waals surface area contributed by atoms with E-state index in [-0.39, 0.29) is 5.78 Å². The number of ether oxygens (including phenoxy) is 2. The summed E-state index contributed by atoms with van der Waals surface area (Å²) in [5, 5.41) is 37.8. The Balaban J connectivity index is 2.05. The summed E-state index contributed by atoms with van der Waals surface area (Å²) in [6.45, 7) is 0. The van der Waals surface area contributed by atoms with Crippen LogP contribution in [0.2, 0.25) is 0 Å². The van der Waals surface area contributed by atoms with E-state index in [1.165, 1.54) is 0 Å². The average Bonchev–Trinajstić information content (AvgIpc) is 2.41. The lowest BCUT2D eigenvalue weighted by Gasteiger charge is -2.40. The van der Waals surface area contributed by atoms with Gasteiger partial charge in [-0.05, 0) is 19.3 Å². The van der Waals surface area contributed by atoms with Gasteiger partial charge >= 0.3 is 5.97 Å². The van der Waals surface area contributed by atoms with Gasteiger partial charge in [0.2, 0.25) is 0 Å². The van der Waals surface area contributed by atoms with Crippen LogP contribution in [-0.2, 0) is 19.1 Å². The summed E-state index contributed by atoms with van der Waals surface area (Å²) in [7, 11) is 0. The number of carbonyl (C=O) groups excluding carboxylic acids is 1. The number of hydrogen-bond acceptors (Lipinski definition) is 7. The molecule has 2 rings (SSSR count). The number of carboxylic acid groups (broad SMARTS) is 1. The van der Waals surface area contributed by atoms with Crippen LogP contribution < -0.4 is 0 Å². The Morgan fingerprint density at radius 3 is 2.45 bits per heavy atom. The summed E-state index contributed by atoms with van der Waals surface area (Å²) in [4.78, 5) is 22.6. The van der Waals surface area contributed by atoms with Crippen molar-refractivity contribution in [2.24, 2.45) is 0 Å². The summed E-state index contributed by atoms with van der Waals surface area (Å²) < 4.78 is 10.3. The summed E-state index contributed by atoms with van der Waals surface area (Å²) >= 11 is 0. The smallest absolute Gasteiger partial charge is 0.335 e. The maximum atomic E-state index is 11.6. The van der Waals surface area contributed by atoms with Crippen LogP contribution in [0.25, 0.3) is 0 Å². The zero-order chi connectivity index (χ0) is 14.9. The molecular formula is C12H18O8. The number of aliphatic hydroxyl groups is 3. The minimum atomic E-state index is -1.76. The summed E-state index contributed by atoms with van der Waals surface area (Å²) in [6, 6.07) is 0. The third-order valence-corrected chi connectivity index (χ3v) is 3.61. The molecule has 114 valence electrons. The van der Waals surface area contributed by atoms with Crippen molar-refractivity contribution in [3.05, 3.63) is 0 Å². The molecule has 0 bridgehead atoms. The van der Waals surface area contributed by atoms with Crippen molar-refractivity contribution in [3.8, 4) is 0 Å². The first-order valence-electron chi connectivity index (χ1n) is 6.52. The van der Waals surface area contributed by atoms with Crippen molar-refractivity contribution in [1.82, 2.24) is 0 Å². The molecule has 0 amide bonds. The van der Waals surface area contributed by atoms with Crippen LogP contribution in [0.4, 0.5) is 0 Å². The second-order valence-corrected chi connectivity index (χ2v) is 5.07. The first kappa shape index (κ1) is 15.3. The SMILES string of the molecule is O=C1CCCCC1OC1OC(C(=O)O)C(O)C(O)C1O. The molecule has 1 saturated carbocycles. The Labute approximate surface area is 114 Å². The molecule has 6 atom stereocenters. The maximum absolute atomic E-state index is 11.6. The molecule has 0 radical (unpaired) electrons. The summed E-state index contributed by atoms with van der Waals surface area (Å²) in [5.41, 5.74) is 0. The molecule has 0 aromatic rings. The lowest BCUT2D eigenvalue weighted by atomic mass is 9.95. The van der Waals surface area contributed by atoms with Gasteiger partial charge in [-0.25, -0.2) is 4.79 Å². The molecular weight excluding hydrogens is 272 g/mol. The molecule has 8 heteroatoms. The predicted octanol–water partition coefficient (Wildman–Crippen LogP) is -1.59. The minimum absolute atomic E-state index is 0.139. The molecule has 1 aliphatic carbocycles. The van der Waals surface area contributed by atoms with Crippen LogP contribution in [0.5, 0.6) is 0 Å². The summed E-state index contributed by atoms with van der Waals surface area (Å²) in [5.74, 6) is -1.62. The van der Waals surface area contributed by atoms with Crippen molar-refractivity contribution in [3.63, 3.8) is 0 Å². The number of rotatable bonds is 3. The lowest BCUT2D eigenvalue weighted by molar-refractivity contribution is -0.302. The van der Waals surface area contributed by atoms with Gasteiger partial charge in [0, 0.05) is 6.42 Å². The van der Waals surface area contributed by atoms with Gasteiger partial charge in [-0.3, -0.25) is 4.79 Å². The molecule has 8 nitrogen and oxygen atoms in total. The van der Waals surface area contributed by atoms with Crippen molar-refractivity contribution in [2.45, 2.75) is 62.5 Å². The van der Waals surface area contributed by atoms with Crippen LogP contribution in [0.15, 0.2) is 0 Å². The number of ketones is 1. The van der Waals surface area contributed by atoms with Crippen molar-refractivity contribution in [2.75, 3.05) is 0 Å². The zero-order valence-electron chi connectivity index (χ0n) is 10.7. The van der Waals surface area contributed by atoms with E-state index in [0.717, 1.165) is 12.8 Å². The van der Waals surface area contributed by atoms with Gasteiger partial charge in [-0.15, -0.1) is 0 Å². The van der Waals surface area contributed by atoms with E-state index in [2.05, 4.69) is 0 Å². The van der Waals surface area contributed by atoms with E-state index < -0.39 is 42.8 Å². The highest BCUT2D eigenvalue weighted by atomic mass is 16.7. The van der Waals surface area contributed by atoms with Crippen LogP contribution >= 0.6 is 0 Å². The summed E-state index contributed by atoms with van der Waals surface area (Å²) in [6.07, 6.45) is -6.66. The Morgan fingerprint density at radius 2 is 1.85 bits per heavy atom. The molecule has 0 spiro atoms. The Bertz CT molecular complexity index is 384. The maximum Gasteiger partial charge on any atom is 0.335 e. The highest BCUT2D eigenvalue weighted by Gasteiger charge is 2.48. The first-order valence-corrected chi connectivity index (χ1v) is 6.52. The number of Topliss-reactive ketones (excluding diaryl/α,β-unsaturated/α-hetero) is 1. The monoisotopic (exact) mass is 290 g/mol. The minimum Gasteiger partial charge on any atom is -0.479 e. The number of hydrogen-bond donors (Lipinski definition) is 4. The second-order valence-electron chi connectivity index (χ2n) is 5.07. The highest BCUT2D eigenvalue weighted by Crippen LogP contribution is 2.26. The van der Waals surface area contributed by atoms with E-state index in [1.54, 1.807) is 0 Å². The predicted molar refractivity (Wildman–Crippen MR) is 62.7 cm³/mol. The van der Waals surface area contributed by atoms with Crippen molar-refractivity contribution in [1.29, 1.82) is 0 Å². The third kappa shape index (κ3) is 2.99. The van der Waals surface area contributed by atoms with Gasteiger partial charge in [-0.1, -0.05) is 0 Å². The van der Waals surface area contributed by atoms with Crippen LogP contribution in [0.1, 0.15) is 25.7 Å². The number of carboxylic acids is 1. The molecule has 6 unspecified atom stereocenters. The fraction of sp³-hybridized carbons (Fsp3) is 0.833. The average molecular weight is 290 g/mol. The van der Waals surface area contributed by atoms with Gasteiger partial charge in [0.25, 0.3) is 0 Å². The zero-order valence-corrected chi connectivity index (χ0v) is 10.7. The number of carbonyl (C=O) groups is 2. The van der Waals surface area contributed by atoms with Gasteiger partial charge < -0.3 is 29.9 Å². The standard InChI is InChI=1S/C12H18O8/c13-5-3-1-2-4-6(5)19-12-9(16)7(14)8(15)10(20-12)11(17)18/h6-10,12,14-16H,1-4H2,(H,17,18).